The fraction of sp³-hybridized carbons (Fsp3) is 0.480. The maximum Gasteiger partial charge on any atom is 0.308 e. The summed E-state index contributed by atoms with van der Waals surface area (Å²) in [6, 6.07) is 8.19. The summed E-state index contributed by atoms with van der Waals surface area (Å²) in [4.78, 5) is 47.8. The number of oxime groups is 1. The van der Waals surface area contributed by atoms with Gasteiger partial charge < -0.3 is 14.9 Å². The molecule has 0 unspecified atom stereocenters. The molecular formula is C25H30FN3O5. The minimum absolute atomic E-state index is 0.106. The molecule has 9 heteroatoms. The second-order valence-electron chi connectivity index (χ2n) is 8.64. The van der Waals surface area contributed by atoms with Crippen LogP contribution in [-0.4, -0.2) is 53.3 Å². The second-order valence-corrected chi connectivity index (χ2v) is 8.64. The van der Waals surface area contributed by atoms with Gasteiger partial charge in [-0.15, -0.1) is 0 Å². The van der Waals surface area contributed by atoms with Crippen molar-refractivity contribution >= 4 is 34.1 Å². The number of benzene rings is 1. The van der Waals surface area contributed by atoms with Gasteiger partial charge in [0.15, 0.2) is 5.78 Å². The summed E-state index contributed by atoms with van der Waals surface area (Å²) in [6.07, 6.45) is 2.82. The normalized spacial score (nSPS) is 18.3. The molecule has 1 amide bonds. The number of nitrogens with zero attached hydrogens (tertiary/aromatic N) is 2. The molecule has 2 aromatic rings. The number of nitrogens with one attached hydrogen (secondary N) is 1. The summed E-state index contributed by atoms with van der Waals surface area (Å²) >= 11 is 0. The predicted octanol–water partition coefficient (Wildman–Crippen LogP) is 3.51. The Labute approximate surface area is 197 Å². The predicted molar refractivity (Wildman–Crippen MR) is 125 cm³/mol. The summed E-state index contributed by atoms with van der Waals surface area (Å²) in [7, 11) is 0. The summed E-state index contributed by atoms with van der Waals surface area (Å²) in [6.45, 7) is 4.41. The molecule has 1 aromatic carbocycles. The molecular weight excluding hydrogens is 441 g/mol. The van der Waals surface area contributed by atoms with Gasteiger partial charge in [0.1, 0.15) is 18.4 Å². The molecule has 0 spiro atoms. The quantitative estimate of drug-likeness (QED) is 0.397. The van der Waals surface area contributed by atoms with Gasteiger partial charge in [0, 0.05) is 23.9 Å². The van der Waals surface area contributed by atoms with Crippen molar-refractivity contribution in [1.82, 2.24) is 10.3 Å². The van der Waals surface area contributed by atoms with Crippen molar-refractivity contribution in [1.29, 1.82) is 0 Å². The molecule has 0 aliphatic carbocycles. The average Bonchev–Trinajstić information content (AvgIpc) is 3.30. The third kappa shape index (κ3) is 5.40. The highest BCUT2D eigenvalue weighted by molar-refractivity contribution is 6.12. The number of amides is 1. The summed E-state index contributed by atoms with van der Waals surface area (Å²) in [5.41, 5.74) is -0.341. The van der Waals surface area contributed by atoms with Crippen molar-refractivity contribution in [3.8, 4) is 0 Å². The van der Waals surface area contributed by atoms with Gasteiger partial charge in [-0.25, -0.2) is 4.39 Å². The van der Waals surface area contributed by atoms with E-state index in [-0.39, 0.29) is 18.9 Å². The first-order valence-corrected chi connectivity index (χ1v) is 11.5. The van der Waals surface area contributed by atoms with Crippen LogP contribution < -0.4 is 5.32 Å². The number of halogens is 1. The van der Waals surface area contributed by atoms with Crippen molar-refractivity contribution in [3.05, 3.63) is 42.2 Å². The lowest BCUT2D eigenvalue weighted by Crippen LogP contribution is -2.55. The molecule has 34 heavy (non-hydrogen) atoms. The zero-order valence-corrected chi connectivity index (χ0v) is 19.7. The minimum Gasteiger partial charge on any atom is -0.466 e. The van der Waals surface area contributed by atoms with E-state index in [0.29, 0.717) is 17.8 Å². The maximum absolute atomic E-state index is 13.4. The third-order valence-corrected chi connectivity index (χ3v) is 5.97. The van der Waals surface area contributed by atoms with Gasteiger partial charge in [0.05, 0.1) is 18.7 Å². The number of carbonyl (C=O) groups excluding carboxylic acids is 3. The van der Waals surface area contributed by atoms with Gasteiger partial charge in [-0.2, -0.15) is 0 Å². The number of aromatic nitrogens is 1. The van der Waals surface area contributed by atoms with Crippen LogP contribution in [0.1, 0.15) is 52.1 Å². The number of ketones is 1. The lowest BCUT2D eigenvalue weighted by molar-refractivity contribution is -0.153. The highest BCUT2D eigenvalue weighted by atomic mass is 19.1. The van der Waals surface area contributed by atoms with Crippen LogP contribution in [0.15, 0.2) is 41.7 Å². The van der Waals surface area contributed by atoms with E-state index in [2.05, 4.69) is 15.5 Å². The lowest BCUT2D eigenvalue weighted by atomic mass is 9.83. The number of fused-ring (bicyclic) bond motifs is 1. The number of alkyl halides is 1. The molecule has 182 valence electrons. The molecule has 8 nitrogen and oxygen atoms in total. The number of hydrogen-bond donors (Lipinski definition) is 1. The van der Waals surface area contributed by atoms with Crippen molar-refractivity contribution in [3.63, 3.8) is 0 Å². The molecule has 0 saturated carbocycles. The average molecular weight is 472 g/mol. The van der Waals surface area contributed by atoms with Crippen LogP contribution in [0.25, 0.3) is 10.8 Å². The highest BCUT2D eigenvalue weighted by Crippen LogP contribution is 2.35. The van der Waals surface area contributed by atoms with Crippen LogP contribution in [0.2, 0.25) is 0 Å². The van der Waals surface area contributed by atoms with Crippen LogP contribution in [-0.2, 0) is 24.0 Å². The molecule has 0 bridgehead atoms. The smallest absolute Gasteiger partial charge is 0.308 e. The zero-order chi connectivity index (χ0) is 24.7. The summed E-state index contributed by atoms with van der Waals surface area (Å²) < 4.78 is 18.3. The number of ether oxygens (including phenoxy) is 1. The number of Topliss-reactive ketones (excluding diaryl/α,β-unsaturated/α-hetero) is 1. The van der Waals surface area contributed by atoms with Crippen LogP contribution in [0.5, 0.6) is 0 Å². The Morgan fingerprint density at radius 1 is 1.24 bits per heavy atom. The van der Waals surface area contributed by atoms with Gasteiger partial charge in [-0.05, 0) is 17.9 Å². The van der Waals surface area contributed by atoms with Gasteiger partial charge >= 0.3 is 5.97 Å². The Kier molecular flexibility index (Phi) is 8.31. The van der Waals surface area contributed by atoms with Gasteiger partial charge in [-0.1, -0.05) is 56.6 Å². The van der Waals surface area contributed by atoms with E-state index in [4.69, 9.17) is 9.57 Å². The highest BCUT2D eigenvalue weighted by Gasteiger charge is 2.51. The molecule has 2 heterocycles. The fourth-order valence-electron chi connectivity index (χ4n) is 3.79. The van der Waals surface area contributed by atoms with Gasteiger partial charge in [0.25, 0.3) is 5.91 Å². The zero-order valence-electron chi connectivity index (χ0n) is 19.7. The number of hydrogen-bond acceptors (Lipinski definition) is 7. The van der Waals surface area contributed by atoms with E-state index < -0.39 is 42.4 Å². The van der Waals surface area contributed by atoms with Crippen molar-refractivity contribution in [2.45, 2.75) is 58.1 Å². The van der Waals surface area contributed by atoms with Crippen molar-refractivity contribution < 1.29 is 28.3 Å². The molecule has 1 N–H and O–H groups in total. The molecule has 1 aliphatic heterocycles. The molecule has 3 rings (SSSR count). The van der Waals surface area contributed by atoms with Crippen molar-refractivity contribution in [2.24, 2.45) is 11.1 Å². The third-order valence-electron chi connectivity index (χ3n) is 5.97. The molecule has 0 saturated heterocycles. The molecule has 1 aliphatic rings. The Morgan fingerprint density at radius 3 is 2.71 bits per heavy atom. The topological polar surface area (TPSA) is 107 Å². The largest absolute Gasteiger partial charge is 0.466 e. The summed E-state index contributed by atoms with van der Waals surface area (Å²) in [5.74, 6) is -2.58. The Balaban J connectivity index is 1.79. The molecule has 2 atom stereocenters. The number of rotatable bonds is 11. The monoisotopic (exact) mass is 471 g/mol. The number of carbonyl (C=O) groups is 3. The van der Waals surface area contributed by atoms with Crippen molar-refractivity contribution in [2.75, 3.05) is 13.3 Å². The van der Waals surface area contributed by atoms with Gasteiger partial charge in [0.2, 0.25) is 5.60 Å². The van der Waals surface area contributed by atoms with Gasteiger partial charge in [-0.3, -0.25) is 19.4 Å². The van der Waals surface area contributed by atoms with E-state index >= 15 is 0 Å². The molecule has 1 aromatic heterocycles. The van der Waals surface area contributed by atoms with E-state index in [9.17, 15) is 18.8 Å². The van der Waals surface area contributed by atoms with E-state index in [1.807, 2.05) is 37.3 Å². The standard InChI is InChI=1S/C25H30FN3O5/c1-4-5-12-33-22(31)13-19(21(30)15-26)28-24(32)25(16(2)3)14-20(29-34-25)23-18-9-7-6-8-17(18)10-11-27-23/h6-11,16,19H,4-5,12-15H2,1-3H3,(H,28,32)/t19-,25+/m0/s1. The fourth-order valence-corrected chi connectivity index (χ4v) is 3.79. The Hall–Kier alpha value is -3.36. The van der Waals surface area contributed by atoms with E-state index in [0.717, 1.165) is 17.2 Å². The van der Waals surface area contributed by atoms with E-state index in [1.54, 1.807) is 20.0 Å². The SMILES string of the molecule is CCCCOC(=O)C[C@H](NC(=O)[C@]1(C(C)C)CC(c2nccc3ccccc23)=NO1)C(=O)CF. The van der Waals surface area contributed by atoms with Crippen LogP contribution >= 0.6 is 0 Å². The van der Waals surface area contributed by atoms with Crippen LogP contribution in [0.4, 0.5) is 4.39 Å². The first kappa shape index (κ1) is 25.3. The number of pyridine rings is 1. The Morgan fingerprint density at radius 2 is 2.00 bits per heavy atom. The van der Waals surface area contributed by atoms with Crippen LogP contribution in [0.3, 0.4) is 0 Å². The Bertz CT molecular complexity index is 1080. The first-order valence-electron chi connectivity index (χ1n) is 11.5. The summed E-state index contributed by atoms with van der Waals surface area (Å²) in [5, 5.41) is 8.53. The maximum atomic E-state index is 13.4. The second kappa shape index (κ2) is 11.2. The minimum atomic E-state index is -1.44. The molecule has 0 radical (unpaired) electrons. The molecule has 0 fully saturated rings. The lowest BCUT2D eigenvalue weighted by Gasteiger charge is -2.30. The van der Waals surface area contributed by atoms with Crippen LogP contribution in [0, 0.1) is 5.92 Å². The number of unbranched alkanes of at least 4 members (excludes halogenated alkanes) is 1. The number of esters is 1. The van der Waals surface area contributed by atoms with E-state index in [1.165, 1.54) is 0 Å². The first-order chi connectivity index (χ1) is 16.3.